The number of pyridine rings is 1. The van der Waals surface area contributed by atoms with Crippen LogP contribution in [0.25, 0.3) is 0 Å². The van der Waals surface area contributed by atoms with Crippen LogP contribution in [-0.2, 0) is 0 Å². The molecule has 1 aliphatic rings. The zero-order valence-corrected chi connectivity index (χ0v) is 9.34. The summed E-state index contributed by atoms with van der Waals surface area (Å²) in [4.78, 5) is 14.7. The van der Waals surface area contributed by atoms with E-state index in [1.807, 2.05) is 13.8 Å². The average Bonchev–Trinajstić information content (AvgIpc) is 3.01. The Morgan fingerprint density at radius 1 is 1.56 bits per heavy atom. The van der Waals surface area contributed by atoms with E-state index in [4.69, 9.17) is 4.74 Å². The van der Waals surface area contributed by atoms with E-state index in [9.17, 15) is 10.1 Å². The second-order valence-electron chi connectivity index (χ2n) is 4.27. The number of nitrogens with zero attached hydrogens (tertiary/aromatic N) is 2. The molecular formula is C11H14N2O3. The molecule has 0 aliphatic heterocycles. The van der Waals surface area contributed by atoms with Gasteiger partial charge in [-0.15, -0.1) is 0 Å². The van der Waals surface area contributed by atoms with Crippen LogP contribution in [0.2, 0.25) is 0 Å². The van der Waals surface area contributed by atoms with E-state index in [1.54, 1.807) is 0 Å². The molecule has 1 fully saturated rings. The predicted octanol–water partition coefficient (Wildman–Crippen LogP) is 2.65. The molecular weight excluding hydrogens is 208 g/mol. The van der Waals surface area contributed by atoms with Crippen molar-refractivity contribution in [3.63, 3.8) is 0 Å². The van der Waals surface area contributed by atoms with Crippen LogP contribution in [-0.4, -0.2) is 16.0 Å². The van der Waals surface area contributed by atoms with Gasteiger partial charge >= 0.3 is 5.69 Å². The summed E-state index contributed by atoms with van der Waals surface area (Å²) < 4.78 is 5.61. The molecule has 0 atom stereocenters. The van der Waals surface area contributed by atoms with E-state index in [0.29, 0.717) is 11.4 Å². The van der Waals surface area contributed by atoms with Crippen LogP contribution in [0.1, 0.15) is 38.3 Å². The molecule has 1 saturated carbocycles. The van der Waals surface area contributed by atoms with Crippen LogP contribution in [0.5, 0.6) is 5.75 Å². The van der Waals surface area contributed by atoms with Gasteiger partial charge in [0.25, 0.3) is 0 Å². The third-order valence-electron chi connectivity index (χ3n) is 2.46. The SMILES string of the molecule is CC(C)c1nccc([N+](=O)[O-])c1OC1CC1. The van der Waals surface area contributed by atoms with Crippen LogP contribution in [0.3, 0.4) is 0 Å². The topological polar surface area (TPSA) is 65.3 Å². The fourth-order valence-electron chi connectivity index (χ4n) is 1.48. The molecule has 16 heavy (non-hydrogen) atoms. The van der Waals surface area contributed by atoms with Gasteiger partial charge in [-0.05, 0) is 18.8 Å². The van der Waals surface area contributed by atoms with Gasteiger partial charge in [0.1, 0.15) is 0 Å². The first kappa shape index (κ1) is 10.9. The van der Waals surface area contributed by atoms with Crippen molar-refractivity contribution >= 4 is 5.69 Å². The summed E-state index contributed by atoms with van der Waals surface area (Å²) in [5.74, 6) is 0.471. The number of rotatable bonds is 4. The number of hydrogen-bond acceptors (Lipinski definition) is 4. The maximum atomic E-state index is 10.9. The van der Waals surface area contributed by atoms with Crippen LogP contribution >= 0.6 is 0 Å². The molecule has 1 aliphatic carbocycles. The van der Waals surface area contributed by atoms with Crippen molar-refractivity contribution in [2.45, 2.75) is 38.7 Å². The Labute approximate surface area is 93.6 Å². The molecule has 86 valence electrons. The van der Waals surface area contributed by atoms with Crippen molar-refractivity contribution in [2.24, 2.45) is 0 Å². The summed E-state index contributed by atoms with van der Waals surface area (Å²) in [6.45, 7) is 3.90. The van der Waals surface area contributed by atoms with Gasteiger partial charge in [-0.2, -0.15) is 0 Å². The second kappa shape index (κ2) is 4.08. The van der Waals surface area contributed by atoms with Crippen LogP contribution in [0, 0.1) is 10.1 Å². The molecule has 1 heterocycles. The molecule has 0 radical (unpaired) electrons. The molecule has 5 heteroatoms. The van der Waals surface area contributed by atoms with E-state index in [0.717, 1.165) is 12.8 Å². The first-order valence-electron chi connectivity index (χ1n) is 5.39. The Morgan fingerprint density at radius 3 is 2.75 bits per heavy atom. The van der Waals surface area contributed by atoms with E-state index in [1.165, 1.54) is 12.3 Å². The third kappa shape index (κ3) is 2.13. The quantitative estimate of drug-likeness (QED) is 0.580. The van der Waals surface area contributed by atoms with Crippen molar-refractivity contribution in [3.05, 3.63) is 28.1 Å². The lowest BCUT2D eigenvalue weighted by molar-refractivity contribution is -0.386. The number of hydrogen-bond donors (Lipinski definition) is 0. The standard InChI is InChI=1S/C11H14N2O3/c1-7(2)10-11(16-8-3-4-8)9(13(14)15)5-6-12-10/h5-8H,3-4H2,1-2H3. The summed E-state index contributed by atoms with van der Waals surface area (Å²) >= 11 is 0. The largest absolute Gasteiger partial charge is 0.482 e. The Morgan fingerprint density at radius 2 is 2.25 bits per heavy atom. The highest BCUT2D eigenvalue weighted by Crippen LogP contribution is 2.37. The summed E-state index contributed by atoms with van der Waals surface area (Å²) in [6.07, 6.45) is 3.56. The maximum Gasteiger partial charge on any atom is 0.314 e. The van der Waals surface area contributed by atoms with Crippen LogP contribution in [0.15, 0.2) is 12.3 Å². The minimum Gasteiger partial charge on any atom is -0.482 e. The van der Waals surface area contributed by atoms with Gasteiger partial charge in [0.15, 0.2) is 0 Å². The van der Waals surface area contributed by atoms with Gasteiger partial charge in [0.2, 0.25) is 5.75 Å². The Bertz CT molecular complexity index is 414. The summed E-state index contributed by atoms with van der Waals surface area (Å²) in [5.41, 5.74) is 0.687. The van der Waals surface area contributed by atoms with Crippen molar-refractivity contribution in [1.29, 1.82) is 0 Å². The van der Waals surface area contributed by atoms with Crippen molar-refractivity contribution in [1.82, 2.24) is 4.98 Å². The summed E-state index contributed by atoms with van der Waals surface area (Å²) in [7, 11) is 0. The molecule has 0 saturated heterocycles. The molecule has 0 bridgehead atoms. The molecule has 0 unspecified atom stereocenters. The van der Waals surface area contributed by atoms with E-state index < -0.39 is 4.92 Å². The first-order valence-corrected chi connectivity index (χ1v) is 5.39. The van der Waals surface area contributed by atoms with Gasteiger partial charge < -0.3 is 4.74 Å². The lowest BCUT2D eigenvalue weighted by Crippen LogP contribution is -2.06. The normalized spacial score (nSPS) is 15.2. The van der Waals surface area contributed by atoms with Gasteiger partial charge in [-0.25, -0.2) is 0 Å². The highest BCUT2D eigenvalue weighted by Gasteiger charge is 2.30. The van der Waals surface area contributed by atoms with Gasteiger partial charge in [0.05, 0.1) is 16.7 Å². The summed E-state index contributed by atoms with van der Waals surface area (Å²) in [5, 5.41) is 10.9. The molecule has 1 aromatic heterocycles. The lowest BCUT2D eigenvalue weighted by atomic mass is 10.1. The van der Waals surface area contributed by atoms with E-state index in [2.05, 4.69) is 4.98 Å². The van der Waals surface area contributed by atoms with E-state index >= 15 is 0 Å². The fraction of sp³-hybridized carbons (Fsp3) is 0.545. The van der Waals surface area contributed by atoms with Crippen LogP contribution < -0.4 is 4.74 Å². The smallest absolute Gasteiger partial charge is 0.314 e. The summed E-state index contributed by atoms with van der Waals surface area (Å²) in [6, 6.07) is 1.39. The van der Waals surface area contributed by atoms with Gasteiger partial charge in [0, 0.05) is 12.3 Å². The molecule has 5 nitrogen and oxygen atoms in total. The molecule has 0 amide bonds. The monoisotopic (exact) mass is 222 g/mol. The van der Waals surface area contributed by atoms with Gasteiger partial charge in [-0.1, -0.05) is 13.8 Å². The first-order chi connectivity index (χ1) is 7.59. The molecule has 0 N–H and O–H groups in total. The fourth-order valence-corrected chi connectivity index (χ4v) is 1.48. The Hall–Kier alpha value is -1.65. The zero-order chi connectivity index (χ0) is 11.7. The lowest BCUT2D eigenvalue weighted by Gasteiger charge is -2.12. The Kier molecular flexibility index (Phi) is 2.77. The predicted molar refractivity (Wildman–Crippen MR) is 58.6 cm³/mol. The van der Waals surface area contributed by atoms with Gasteiger partial charge in [-0.3, -0.25) is 15.1 Å². The molecule has 0 aromatic carbocycles. The number of ether oxygens (including phenoxy) is 1. The van der Waals surface area contributed by atoms with E-state index in [-0.39, 0.29) is 17.7 Å². The third-order valence-corrected chi connectivity index (χ3v) is 2.46. The molecule has 0 spiro atoms. The molecule has 1 aromatic rings. The minimum atomic E-state index is -0.411. The van der Waals surface area contributed by atoms with Crippen molar-refractivity contribution in [3.8, 4) is 5.75 Å². The number of nitro groups is 1. The van der Waals surface area contributed by atoms with Crippen molar-refractivity contribution in [2.75, 3.05) is 0 Å². The highest BCUT2D eigenvalue weighted by atomic mass is 16.6. The molecule has 2 rings (SSSR count). The second-order valence-corrected chi connectivity index (χ2v) is 4.27. The van der Waals surface area contributed by atoms with Crippen LogP contribution in [0.4, 0.5) is 5.69 Å². The maximum absolute atomic E-state index is 10.9. The highest BCUT2D eigenvalue weighted by molar-refractivity contribution is 5.49. The minimum absolute atomic E-state index is 0.0191. The average molecular weight is 222 g/mol. The van der Waals surface area contributed by atoms with Crippen molar-refractivity contribution < 1.29 is 9.66 Å². The Balaban J connectivity index is 2.42. The number of aromatic nitrogens is 1. The zero-order valence-electron chi connectivity index (χ0n) is 9.34.